The lowest BCUT2D eigenvalue weighted by atomic mass is 10.1. The second-order valence-corrected chi connectivity index (χ2v) is 3.57. The summed E-state index contributed by atoms with van der Waals surface area (Å²) in [5.41, 5.74) is 2.40. The third-order valence-corrected chi connectivity index (χ3v) is 2.58. The zero-order valence-corrected chi connectivity index (χ0v) is 7.27. The van der Waals surface area contributed by atoms with E-state index in [4.69, 9.17) is 0 Å². The first-order valence-electron chi connectivity index (χ1n) is 4.64. The van der Waals surface area contributed by atoms with Crippen LogP contribution in [0.25, 0.3) is 10.9 Å². The maximum absolute atomic E-state index is 4.29. The van der Waals surface area contributed by atoms with Crippen molar-refractivity contribution in [3.8, 4) is 0 Å². The molecule has 0 bridgehead atoms. The molecule has 0 aromatic carbocycles. The lowest BCUT2D eigenvalue weighted by Gasteiger charge is -2.01. The summed E-state index contributed by atoms with van der Waals surface area (Å²) in [5, 5.41) is 1.28. The first kappa shape index (κ1) is 7.01. The monoisotopic (exact) mass is 170 g/mol. The van der Waals surface area contributed by atoms with E-state index >= 15 is 0 Å². The van der Waals surface area contributed by atoms with Gasteiger partial charge in [0.15, 0.2) is 0 Å². The normalized spacial score (nSPS) is 16.3. The average Bonchev–Trinajstić information content (AvgIpc) is 3.00. The van der Waals surface area contributed by atoms with Gasteiger partial charge in [0, 0.05) is 17.8 Å². The molecule has 0 aliphatic heterocycles. The third kappa shape index (κ3) is 1.10. The zero-order valence-electron chi connectivity index (χ0n) is 7.27. The van der Waals surface area contributed by atoms with E-state index in [0.717, 1.165) is 11.4 Å². The maximum atomic E-state index is 4.29. The summed E-state index contributed by atoms with van der Waals surface area (Å²) in [6.45, 7) is 0. The lowest BCUT2D eigenvalue weighted by molar-refractivity contribution is 1.11. The molecule has 0 saturated heterocycles. The lowest BCUT2D eigenvalue weighted by Crippen LogP contribution is -1.86. The molecule has 2 aromatic rings. The van der Waals surface area contributed by atoms with E-state index in [2.05, 4.69) is 16.0 Å². The fourth-order valence-corrected chi connectivity index (χ4v) is 1.74. The molecule has 2 heterocycles. The number of nitrogens with zero attached hydrogens (tertiary/aromatic N) is 2. The van der Waals surface area contributed by atoms with Crippen LogP contribution in [0.5, 0.6) is 0 Å². The minimum Gasteiger partial charge on any atom is -0.262 e. The maximum Gasteiger partial charge on any atom is 0.0887 e. The Balaban J connectivity index is 2.32. The molecule has 0 radical (unpaired) electrons. The Kier molecular flexibility index (Phi) is 1.36. The minimum absolute atomic E-state index is 0.750. The predicted molar refractivity (Wildman–Crippen MR) is 51.5 cm³/mol. The highest BCUT2D eigenvalue weighted by atomic mass is 14.7. The number of aromatic nitrogens is 2. The highest BCUT2D eigenvalue weighted by molar-refractivity contribution is 5.81. The van der Waals surface area contributed by atoms with Gasteiger partial charge >= 0.3 is 0 Å². The van der Waals surface area contributed by atoms with Crippen molar-refractivity contribution in [2.24, 2.45) is 0 Å². The molecule has 2 aromatic heterocycles. The smallest absolute Gasteiger partial charge is 0.0887 e. The Labute approximate surface area is 76.6 Å². The standard InChI is InChI=1S/C11H10N2/c1-2-9-10(8-3-4-8)6-12-7-11(9)13-5-1/h1-2,5-8H,3-4H2. The summed E-state index contributed by atoms with van der Waals surface area (Å²) >= 11 is 0. The van der Waals surface area contributed by atoms with E-state index in [9.17, 15) is 0 Å². The van der Waals surface area contributed by atoms with Crippen LogP contribution in [0.2, 0.25) is 0 Å². The zero-order chi connectivity index (χ0) is 8.67. The van der Waals surface area contributed by atoms with Crippen molar-refractivity contribution in [2.45, 2.75) is 18.8 Å². The van der Waals surface area contributed by atoms with E-state index in [0.29, 0.717) is 0 Å². The van der Waals surface area contributed by atoms with Gasteiger partial charge in [0.1, 0.15) is 0 Å². The Morgan fingerprint density at radius 2 is 2.15 bits per heavy atom. The van der Waals surface area contributed by atoms with Crippen molar-refractivity contribution in [3.05, 3.63) is 36.3 Å². The van der Waals surface area contributed by atoms with Crippen LogP contribution in [0.4, 0.5) is 0 Å². The van der Waals surface area contributed by atoms with Crippen LogP contribution >= 0.6 is 0 Å². The molecule has 0 amide bonds. The molecule has 2 heteroatoms. The van der Waals surface area contributed by atoms with Crippen molar-refractivity contribution in [1.29, 1.82) is 0 Å². The molecule has 0 atom stereocenters. The van der Waals surface area contributed by atoms with Gasteiger partial charge in [0.2, 0.25) is 0 Å². The second kappa shape index (κ2) is 2.52. The summed E-state index contributed by atoms with van der Waals surface area (Å²) in [6, 6.07) is 4.13. The second-order valence-electron chi connectivity index (χ2n) is 3.57. The van der Waals surface area contributed by atoms with Gasteiger partial charge in [-0.3, -0.25) is 9.97 Å². The highest BCUT2D eigenvalue weighted by Gasteiger charge is 2.25. The summed E-state index contributed by atoms with van der Waals surface area (Å²) in [7, 11) is 0. The van der Waals surface area contributed by atoms with Crippen LogP contribution in [0.1, 0.15) is 24.3 Å². The molecule has 13 heavy (non-hydrogen) atoms. The predicted octanol–water partition coefficient (Wildman–Crippen LogP) is 2.51. The van der Waals surface area contributed by atoms with Gasteiger partial charge in [-0.25, -0.2) is 0 Å². The molecule has 3 rings (SSSR count). The number of pyridine rings is 2. The first-order valence-corrected chi connectivity index (χ1v) is 4.64. The van der Waals surface area contributed by atoms with Gasteiger partial charge in [0.05, 0.1) is 11.7 Å². The molecule has 0 unspecified atom stereocenters. The van der Waals surface area contributed by atoms with Crippen LogP contribution in [0.3, 0.4) is 0 Å². The molecular formula is C11H10N2. The molecular weight excluding hydrogens is 160 g/mol. The molecule has 0 spiro atoms. The third-order valence-electron chi connectivity index (χ3n) is 2.58. The van der Waals surface area contributed by atoms with Crippen LogP contribution in [0.15, 0.2) is 30.7 Å². The van der Waals surface area contributed by atoms with Gasteiger partial charge in [-0.2, -0.15) is 0 Å². The van der Waals surface area contributed by atoms with Crippen LogP contribution < -0.4 is 0 Å². The van der Waals surface area contributed by atoms with E-state index in [1.54, 1.807) is 0 Å². The number of hydrogen-bond donors (Lipinski definition) is 0. The van der Waals surface area contributed by atoms with Crippen molar-refractivity contribution >= 4 is 10.9 Å². The van der Waals surface area contributed by atoms with Crippen molar-refractivity contribution in [2.75, 3.05) is 0 Å². The summed E-state index contributed by atoms with van der Waals surface area (Å²) < 4.78 is 0. The summed E-state index contributed by atoms with van der Waals surface area (Å²) in [4.78, 5) is 8.50. The largest absolute Gasteiger partial charge is 0.262 e. The van der Waals surface area contributed by atoms with Crippen LogP contribution in [-0.2, 0) is 0 Å². The Morgan fingerprint density at radius 3 is 3.00 bits per heavy atom. The van der Waals surface area contributed by atoms with Gasteiger partial charge < -0.3 is 0 Å². The molecule has 2 nitrogen and oxygen atoms in total. The van der Waals surface area contributed by atoms with Crippen molar-refractivity contribution in [3.63, 3.8) is 0 Å². The number of fused-ring (bicyclic) bond motifs is 1. The SMILES string of the molecule is c1cnc2cncc(C3CC3)c2c1. The minimum atomic E-state index is 0.750. The van der Waals surface area contributed by atoms with Gasteiger partial charge in [-0.15, -0.1) is 0 Å². The fourth-order valence-electron chi connectivity index (χ4n) is 1.74. The van der Waals surface area contributed by atoms with Gasteiger partial charge in [-0.1, -0.05) is 6.07 Å². The number of hydrogen-bond acceptors (Lipinski definition) is 2. The van der Waals surface area contributed by atoms with Gasteiger partial charge in [-0.05, 0) is 30.4 Å². The molecule has 1 fully saturated rings. The van der Waals surface area contributed by atoms with Crippen molar-refractivity contribution in [1.82, 2.24) is 9.97 Å². The fraction of sp³-hybridized carbons (Fsp3) is 0.273. The Bertz CT molecular complexity index is 441. The average molecular weight is 170 g/mol. The molecule has 64 valence electrons. The quantitative estimate of drug-likeness (QED) is 0.657. The summed E-state index contributed by atoms with van der Waals surface area (Å²) in [6.07, 6.45) is 8.27. The Morgan fingerprint density at radius 1 is 1.23 bits per heavy atom. The molecule has 0 N–H and O–H groups in total. The van der Waals surface area contributed by atoms with Gasteiger partial charge in [0.25, 0.3) is 0 Å². The van der Waals surface area contributed by atoms with Crippen LogP contribution in [0, 0.1) is 0 Å². The first-order chi connectivity index (χ1) is 6.45. The topological polar surface area (TPSA) is 25.8 Å². The molecule has 1 aliphatic rings. The van der Waals surface area contributed by atoms with Crippen LogP contribution in [-0.4, -0.2) is 9.97 Å². The Hall–Kier alpha value is -1.44. The number of rotatable bonds is 1. The van der Waals surface area contributed by atoms with Crippen molar-refractivity contribution < 1.29 is 0 Å². The summed E-state index contributed by atoms with van der Waals surface area (Å²) in [5.74, 6) is 0.750. The van der Waals surface area contributed by atoms with E-state index in [-0.39, 0.29) is 0 Å². The van der Waals surface area contributed by atoms with E-state index < -0.39 is 0 Å². The molecule has 1 aliphatic carbocycles. The molecule has 1 saturated carbocycles. The van der Waals surface area contributed by atoms with E-state index in [1.165, 1.54) is 23.8 Å². The van der Waals surface area contributed by atoms with E-state index in [1.807, 2.05) is 24.7 Å². The highest BCUT2D eigenvalue weighted by Crippen LogP contribution is 2.42.